The van der Waals surface area contributed by atoms with Crippen molar-refractivity contribution < 1.29 is 24.9 Å². The summed E-state index contributed by atoms with van der Waals surface area (Å²) >= 11 is 6.19. The zero-order chi connectivity index (χ0) is 21.3. The maximum atomic E-state index is 11.9. The molecule has 0 bridgehead atoms. The second-order valence-corrected chi connectivity index (χ2v) is 8.59. The number of hydrogen-bond donors (Lipinski definition) is 3. The summed E-state index contributed by atoms with van der Waals surface area (Å²) in [5.41, 5.74) is 2.42. The summed E-state index contributed by atoms with van der Waals surface area (Å²) in [5, 5.41) is 29.6. The second-order valence-electron chi connectivity index (χ2n) is 8.19. The highest BCUT2D eigenvalue weighted by Gasteiger charge is 2.46. The van der Waals surface area contributed by atoms with Crippen LogP contribution in [0.25, 0.3) is 0 Å². The van der Waals surface area contributed by atoms with Crippen molar-refractivity contribution in [3.05, 3.63) is 64.2 Å². The van der Waals surface area contributed by atoms with Gasteiger partial charge >= 0.3 is 5.97 Å². The topological polar surface area (TPSA) is 90.2 Å². The molecule has 0 radical (unpaired) electrons. The third kappa shape index (κ3) is 4.05. The number of hydrogen-bond acceptors (Lipinski definition) is 5. The van der Waals surface area contributed by atoms with Crippen LogP contribution in [0.3, 0.4) is 0 Å². The van der Waals surface area contributed by atoms with Gasteiger partial charge in [0.1, 0.15) is 11.9 Å². The van der Waals surface area contributed by atoms with E-state index in [1.807, 2.05) is 18.2 Å². The minimum absolute atomic E-state index is 0.0474. The van der Waals surface area contributed by atoms with E-state index >= 15 is 0 Å². The van der Waals surface area contributed by atoms with E-state index in [1.165, 1.54) is 12.1 Å². The zero-order valence-corrected chi connectivity index (χ0v) is 17.4. The fourth-order valence-electron chi connectivity index (χ4n) is 4.74. The molecule has 2 aliphatic rings. The number of carboxylic acid groups (broad SMARTS) is 1. The Morgan fingerprint density at radius 3 is 2.67 bits per heavy atom. The molecule has 3 N–H and O–H groups in total. The lowest BCUT2D eigenvalue weighted by Crippen LogP contribution is -2.45. The summed E-state index contributed by atoms with van der Waals surface area (Å²) in [4.78, 5) is 14.0. The molecule has 2 heterocycles. The van der Waals surface area contributed by atoms with Gasteiger partial charge in [-0.3, -0.25) is 4.79 Å². The number of aliphatic hydroxyl groups is 1. The molecule has 2 atom stereocenters. The number of phenols is 1. The van der Waals surface area contributed by atoms with Crippen molar-refractivity contribution in [2.45, 2.75) is 31.0 Å². The van der Waals surface area contributed by atoms with Gasteiger partial charge < -0.3 is 25.0 Å². The third-order valence-electron chi connectivity index (χ3n) is 6.32. The Morgan fingerprint density at radius 2 is 1.97 bits per heavy atom. The average molecular weight is 432 g/mol. The number of carbonyl (C=O) groups is 1. The molecule has 1 fully saturated rings. The number of benzene rings is 2. The molecule has 0 amide bonds. The molecule has 1 spiro atoms. The van der Waals surface area contributed by atoms with Crippen LogP contribution >= 0.6 is 11.6 Å². The first-order valence-corrected chi connectivity index (χ1v) is 10.6. The first kappa shape index (κ1) is 21.1. The first-order valence-electron chi connectivity index (χ1n) is 10.2. The quantitative estimate of drug-likeness (QED) is 0.650. The number of phenolic OH excluding ortho intramolecular Hbond substituents is 1. The Bertz CT molecular complexity index is 926. The second kappa shape index (κ2) is 8.55. The van der Waals surface area contributed by atoms with Crippen LogP contribution in [0.15, 0.2) is 42.5 Å². The Balaban J connectivity index is 1.44. The summed E-state index contributed by atoms with van der Waals surface area (Å²) < 4.78 is 6.30. The zero-order valence-electron chi connectivity index (χ0n) is 16.6. The molecular weight excluding hydrogens is 406 g/mol. The Kier molecular flexibility index (Phi) is 6.02. The van der Waals surface area contributed by atoms with Crippen molar-refractivity contribution in [1.29, 1.82) is 0 Å². The van der Waals surface area contributed by atoms with Gasteiger partial charge in [-0.2, -0.15) is 0 Å². The maximum absolute atomic E-state index is 11.9. The summed E-state index contributed by atoms with van der Waals surface area (Å²) in [6.07, 6.45) is 1.46. The van der Waals surface area contributed by atoms with Crippen molar-refractivity contribution >= 4 is 17.6 Å². The molecule has 0 aromatic heterocycles. The predicted octanol–water partition coefficient (Wildman–Crippen LogP) is 3.34. The lowest BCUT2D eigenvalue weighted by molar-refractivity contribution is -0.144. The van der Waals surface area contributed by atoms with Gasteiger partial charge in [-0.1, -0.05) is 35.9 Å². The number of nitrogens with zero attached hydrogens (tertiary/aromatic N) is 1. The van der Waals surface area contributed by atoms with Gasteiger partial charge in [0, 0.05) is 24.7 Å². The van der Waals surface area contributed by atoms with Crippen molar-refractivity contribution in [2.24, 2.45) is 5.92 Å². The fourth-order valence-corrected chi connectivity index (χ4v) is 4.93. The molecule has 2 aromatic rings. The minimum atomic E-state index is -0.877. The van der Waals surface area contributed by atoms with E-state index in [4.69, 9.17) is 16.3 Å². The summed E-state index contributed by atoms with van der Waals surface area (Å²) in [6, 6.07) is 12.6. The number of likely N-dealkylation sites (tertiary alicyclic amines) is 1. The number of rotatable bonds is 6. The average Bonchev–Trinajstić information content (AvgIpc) is 3.05. The SMILES string of the molecule is O=C(O)C(Cc1cc(O)ccc1Cl)CN1CCC2(CC1)OC(CO)c1ccccc12. The molecule has 30 heavy (non-hydrogen) atoms. The van der Waals surface area contributed by atoms with E-state index < -0.39 is 17.5 Å². The van der Waals surface area contributed by atoms with Gasteiger partial charge in [-0.05, 0) is 54.2 Å². The Morgan fingerprint density at radius 1 is 1.23 bits per heavy atom. The van der Waals surface area contributed by atoms with Gasteiger partial charge in [0.25, 0.3) is 0 Å². The molecule has 2 unspecified atom stereocenters. The molecule has 2 aromatic carbocycles. The number of ether oxygens (including phenoxy) is 1. The predicted molar refractivity (Wildman–Crippen MR) is 113 cm³/mol. The van der Waals surface area contributed by atoms with Crippen molar-refractivity contribution in [1.82, 2.24) is 4.90 Å². The number of carboxylic acids is 1. The molecule has 160 valence electrons. The molecule has 7 heteroatoms. The van der Waals surface area contributed by atoms with Crippen LogP contribution in [0, 0.1) is 5.92 Å². The van der Waals surface area contributed by atoms with Crippen LogP contribution in [0.1, 0.15) is 35.6 Å². The number of halogens is 1. The molecule has 6 nitrogen and oxygen atoms in total. The van der Waals surface area contributed by atoms with Crippen LogP contribution in [0.2, 0.25) is 5.02 Å². The number of fused-ring (bicyclic) bond motifs is 2. The van der Waals surface area contributed by atoms with Crippen LogP contribution in [-0.4, -0.2) is 52.4 Å². The standard InChI is InChI=1S/C23H26ClNO5/c24-20-6-5-17(27)12-15(20)11-16(22(28)29)13-25-9-7-23(8-10-25)19-4-2-1-3-18(19)21(14-26)30-23/h1-6,12,16,21,26-27H,7-11,13-14H2,(H,28,29). The molecule has 2 aliphatic heterocycles. The Hall–Kier alpha value is -2.12. The lowest BCUT2D eigenvalue weighted by Gasteiger charge is -2.40. The van der Waals surface area contributed by atoms with Gasteiger partial charge in [-0.25, -0.2) is 0 Å². The van der Waals surface area contributed by atoms with E-state index in [-0.39, 0.29) is 24.9 Å². The van der Waals surface area contributed by atoms with Gasteiger partial charge in [0.2, 0.25) is 0 Å². The molecule has 4 rings (SSSR count). The van der Waals surface area contributed by atoms with Crippen LogP contribution in [-0.2, 0) is 21.6 Å². The lowest BCUT2D eigenvalue weighted by atomic mass is 9.83. The number of aromatic hydroxyl groups is 1. The smallest absolute Gasteiger partial charge is 0.308 e. The first-order chi connectivity index (χ1) is 14.4. The number of piperidine rings is 1. The van der Waals surface area contributed by atoms with Crippen molar-refractivity contribution in [3.63, 3.8) is 0 Å². The van der Waals surface area contributed by atoms with E-state index in [9.17, 15) is 20.1 Å². The highest BCUT2D eigenvalue weighted by atomic mass is 35.5. The van der Waals surface area contributed by atoms with Gasteiger partial charge in [0.15, 0.2) is 0 Å². The summed E-state index contributed by atoms with van der Waals surface area (Å²) in [5.74, 6) is -1.42. The van der Waals surface area contributed by atoms with Crippen molar-refractivity contribution in [2.75, 3.05) is 26.2 Å². The summed E-state index contributed by atoms with van der Waals surface area (Å²) in [6.45, 7) is 1.78. The number of aliphatic hydroxyl groups excluding tert-OH is 1. The van der Waals surface area contributed by atoms with E-state index in [1.54, 1.807) is 6.07 Å². The third-order valence-corrected chi connectivity index (χ3v) is 6.69. The Labute approximate surface area is 180 Å². The fraction of sp³-hybridized carbons (Fsp3) is 0.435. The number of aliphatic carboxylic acids is 1. The monoisotopic (exact) mass is 431 g/mol. The highest BCUT2D eigenvalue weighted by Crippen LogP contribution is 2.49. The van der Waals surface area contributed by atoms with E-state index in [0.29, 0.717) is 30.2 Å². The largest absolute Gasteiger partial charge is 0.508 e. The maximum Gasteiger partial charge on any atom is 0.308 e. The van der Waals surface area contributed by atoms with Gasteiger partial charge in [-0.15, -0.1) is 0 Å². The van der Waals surface area contributed by atoms with Crippen LogP contribution in [0.5, 0.6) is 5.75 Å². The highest BCUT2D eigenvalue weighted by molar-refractivity contribution is 6.31. The van der Waals surface area contributed by atoms with E-state index in [0.717, 1.165) is 24.0 Å². The van der Waals surface area contributed by atoms with Gasteiger partial charge in [0.05, 0.1) is 18.1 Å². The van der Waals surface area contributed by atoms with E-state index in [2.05, 4.69) is 11.0 Å². The molecular formula is C23H26ClNO5. The van der Waals surface area contributed by atoms with Crippen molar-refractivity contribution in [3.8, 4) is 5.75 Å². The molecule has 0 saturated carbocycles. The van der Waals surface area contributed by atoms with Crippen LogP contribution < -0.4 is 0 Å². The summed E-state index contributed by atoms with van der Waals surface area (Å²) in [7, 11) is 0. The molecule has 0 aliphatic carbocycles. The normalized spacial score (nSPS) is 21.5. The molecule has 1 saturated heterocycles. The minimum Gasteiger partial charge on any atom is -0.508 e. The van der Waals surface area contributed by atoms with Crippen LogP contribution in [0.4, 0.5) is 0 Å².